The first-order chi connectivity index (χ1) is 9.59. The molecule has 2 aliphatic heterocycles. The fraction of sp³-hybridized carbons (Fsp3) is 0.714. The number of nitrogens with zero attached hydrogens (tertiary/aromatic N) is 2. The quantitative estimate of drug-likeness (QED) is 0.864. The molecule has 1 spiro atoms. The third kappa shape index (κ3) is 2.45. The lowest BCUT2D eigenvalue weighted by atomic mass is 9.72. The lowest BCUT2D eigenvalue weighted by Crippen LogP contribution is -2.40. The van der Waals surface area contributed by atoms with Crippen molar-refractivity contribution in [3.8, 4) is 0 Å². The van der Waals surface area contributed by atoms with Gasteiger partial charge in [-0.25, -0.2) is 4.98 Å². The summed E-state index contributed by atoms with van der Waals surface area (Å²) in [5.41, 5.74) is 0.917. The lowest BCUT2D eigenvalue weighted by Gasteiger charge is -2.36. The van der Waals surface area contributed by atoms with E-state index in [1.165, 1.54) is 0 Å². The second kappa shape index (κ2) is 5.18. The standard InChI is InChI=1S/C14H21N3O3/c1-10-6-15-12(16-10)8-17-7-11(13(18)19)14(9-17)2-4-20-5-3-14/h6,11H,2-5,7-9H2,1H3,(H,15,16)(H,18,19). The Morgan fingerprint density at radius 1 is 1.60 bits per heavy atom. The molecule has 0 aliphatic carbocycles. The van der Waals surface area contributed by atoms with Gasteiger partial charge in [-0.1, -0.05) is 0 Å². The minimum absolute atomic E-state index is 0.119. The predicted octanol–water partition coefficient (Wildman–Crippen LogP) is 1.03. The van der Waals surface area contributed by atoms with E-state index in [2.05, 4.69) is 14.9 Å². The molecule has 6 nitrogen and oxygen atoms in total. The highest BCUT2D eigenvalue weighted by atomic mass is 16.5. The molecule has 0 amide bonds. The average Bonchev–Trinajstić information content (AvgIpc) is 2.96. The van der Waals surface area contributed by atoms with Gasteiger partial charge in [-0.2, -0.15) is 0 Å². The van der Waals surface area contributed by atoms with E-state index >= 15 is 0 Å². The first-order valence-electron chi connectivity index (χ1n) is 7.12. The first-order valence-corrected chi connectivity index (χ1v) is 7.12. The summed E-state index contributed by atoms with van der Waals surface area (Å²) in [5.74, 6) is -0.0526. The van der Waals surface area contributed by atoms with E-state index in [4.69, 9.17) is 4.74 Å². The van der Waals surface area contributed by atoms with Gasteiger partial charge >= 0.3 is 5.97 Å². The summed E-state index contributed by atoms with van der Waals surface area (Å²) in [7, 11) is 0. The molecule has 0 radical (unpaired) electrons. The van der Waals surface area contributed by atoms with Crippen LogP contribution in [0.25, 0.3) is 0 Å². The summed E-state index contributed by atoms with van der Waals surface area (Å²) in [5, 5.41) is 9.53. The van der Waals surface area contributed by atoms with Crippen LogP contribution in [-0.4, -0.2) is 52.2 Å². The van der Waals surface area contributed by atoms with Crippen LogP contribution in [0.1, 0.15) is 24.4 Å². The van der Waals surface area contributed by atoms with E-state index in [0.29, 0.717) is 26.3 Å². The molecular weight excluding hydrogens is 258 g/mol. The van der Waals surface area contributed by atoms with Crippen molar-refractivity contribution in [1.82, 2.24) is 14.9 Å². The molecule has 2 aliphatic rings. The number of aryl methyl sites for hydroxylation is 1. The Kier molecular flexibility index (Phi) is 3.52. The van der Waals surface area contributed by atoms with Crippen molar-refractivity contribution in [1.29, 1.82) is 0 Å². The smallest absolute Gasteiger partial charge is 0.308 e. The molecule has 3 rings (SSSR count). The number of carboxylic acid groups (broad SMARTS) is 1. The minimum atomic E-state index is -0.676. The number of ether oxygens (including phenoxy) is 1. The number of carbonyl (C=O) groups is 1. The second-order valence-corrected chi connectivity index (χ2v) is 6.05. The van der Waals surface area contributed by atoms with Crippen molar-refractivity contribution in [2.75, 3.05) is 26.3 Å². The average molecular weight is 279 g/mol. The normalized spacial score (nSPS) is 26.1. The van der Waals surface area contributed by atoms with Crippen LogP contribution in [0.4, 0.5) is 0 Å². The van der Waals surface area contributed by atoms with Crippen molar-refractivity contribution in [2.24, 2.45) is 11.3 Å². The fourth-order valence-electron chi connectivity index (χ4n) is 3.58. The molecule has 110 valence electrons. The van der Waals surface area contributed by atoms with E-state index in [9.17, 15) is 9.90 Å². The molecule has 0 aromatic carbocycles. The number of nitrogens with one attached hydrogen (secondary N) is 1. The number of imidazole rings is 1. The highest BCUT2D eigenvalue weighted by molar-refractivity contribution is 5.72. The Bertz CT molecular complexity index is 494. The Balaban J connectivity index is 1.74. The summed E-state index contributed by atoms with van der Waals surface area (Å²) >= 11 is 0. The van der Waals surface area contributed by atoms with Crippen LogP contribution in [0.3, 0.4) is 0 Å². The number of rotatable bonds is 3. The number of H-pyrrole nitrogens is 1. The van der Waals surface area contributed by atoms with Crippen LogP contribution in [0.5, 0.6) is 0 Å². The number of aromatic nitrogens is 2. The Morgan fingerprint density at radius 3 is 2.95 bits per heavy atom. The number of aromatic amines is 1. The zero-order valence-electron chi connectivity index (χ0n) is 11.8. The minimum Gasteiger partial charge on any atom is -0.481 e. The zero-order valence-corrected chi connectivity index (χ0v) is 11.8. The van der Waals surface area contributed by atoms with E-state index < -0.39 is 5.97 Å². The number of hydrogen-bond acceptors (Lipinski definition) is 4. The molecule has 0 bridgehead atoms. The van der Waals surface area contributed by atoms with Gasteiger partial charge in [0.25, 0.3) is 0 Å². The van der Waals surface area contributed by atoms with Crippen LogP contribution < -0.4 is 0 Å². The molecule has 0 saturated carbocycles. The SMILES string of the molecule is Cc1cnc(CN2CC(C(=O)O)C3(CCOCC3)C2)[nH]1. The second-order valence-electron chi connectivity index (χ2n) is 6.05. The van der Waals surface area contributed by atoms with E-state index in [1.54, 1.807) is 0 Å². The van der Waals surface area contributed by atoms with E-state index in [-0.39, 0.29) is 11.3 Å². The summed E-state index contributed by atoms with van der Waals surface area (Å²) in [6.07, 6.45) is 3.50. The van der Waals surface area contributed by atoms with Crippen molar-refractivity contribution < 1.29 is 14.6 Å². The van der Waals surface area contributed by atoms with Crippen molar-refractivity contribution in [2.45, 2.75) is 26.3 Å². The van der Waals surface area contributed by atoms with Gasteiger partial charge in [-0.15, -0.1) is 0 Å². The first kappa shape index (κ1) is 13.6. The maximum absolute atomic E-state index is 11.6. The molecular formula is C14H21N3O3. The van der Waals surface area contributed by atoms with Crippen molar-refractivity contribution >= 4 is 5.97 Å². The van der Waals surface area contributed by atoms with Crippen LogP contribution in [0, 0.1) is 18.3 Å². The predicted molar refractivity (Wildman–Crippen MR) is 72.2 cm³/mol. The molecule has 1 atom stereocenters. The topological polar surface area (TPSA) is 78.5 Å². The van der Waals surface area contributed by atoms with Crippen LogP contribution in [0.2, 0.25) is 0 Å². The van der Waals surface area contributed by atoms with Gasteiger partial charge in [0.05, 0.1) is 12.5 Å². The van der Waals surface area contributed by atoms with Crippen molar-refractivity contribution in [3.63, 3.8) is 0 Å². The van der Waals surface area contributed by atoms with Crippen LogP contribution >= 0.6 is 0 Å². The third-order valence-corrected chi connectivity index (χ3v) is 4.63. The van der Waals surface area contributed by atoms with E-state index in [0.717, 1.165) is 30.9 Å². The van der Waals surface area contributed by atoms with Gasteiger partial charge in [0, 0.05) is 43.6 Å². The molecule has 1 aromatic heterocycles. The monoisotopic (exact) mass is 279 g/mol. The highest BCUT2D eigenvalue weighted by Crippen LogP contribution is 2.44. The Hall–Kier alpha value is -1.40. The number of likely N-dealkylation sites (tertiary alicyclic amines) is 1. The van der Waals surface area contributed by atoms with Gasteiger partial charge in [-0.3, -0.25) is 9.69 Å². The van der Waals surface area contributed by atoms with Crippen LogP contribution in [0.15, 0.2) is 6.20 Å². The summed E-state index contributed by atoms with van der Waals surface area (Å²) < 4.78 is 5.41. The third-order valence-electron chi connectivity index (χ3n) is 4.63. The van der Waals surface area contributed by atoms with Crippen LogP contribution in [-0.2, 0) is 16.1 Å². The van der Waals surface area contributed by atoms with E-state index in [1.807, 2.05) is 13.1 Å². The van der Waals surface area contributed by atoms with Gasteiger partial charge in [0.15, 0.2) is 0 Å². The summed E-state index contributed by atoms with van der Waals surface area (Å²) in [4.78, 5) is 21.3. The molecule has 3 heterocycles. The fourth-order valence-corrected chi connectivity index (χ4v) is 3.58. The molecule has 2 saturated heterocycles. The van der Waals surface area contributed by atoms with Gasteiger partial charge in [-0.05, 0) is 19.8 Å². The molecule has 1 unspecified atom stereocenters. The maximum Gasteiger partial charge on any atom is 0.308 e. The zero-order chi connectivity index (χ0) is 14.2. The Morgan fingerprint density at radius 2 is 2.35 bits per heavy atom. The summed E-state index contributed by atoms with van der Waals surface area (Å²) in [6.45, 7) is 5.46. The lowest BCUT2D eigenvalue weighted by molar-refractivity contribution is -0.147. The van der Waals surface area contributed by atoms with Gasteiger partial charge in [0.2, 0.25) is 0 Å². The molecule has 1 aromatic rings. The largest absolute Gasteiger partial charge is 0.481 e. The highest BCUT2D eigenvalue weighted by Gasteiger charge is 2.50. The number of hydrogen-bond donors (Lipinski definition) is 2. The Labute approximate surface area is 118 Å². The van der Waals surface area contributed by atoms with Gasteiger partial charge in [0.1, 0.15) is 5.82 Å². The maximum atomic E-state index is 11.6. The molecule has 2 fully saturated rings. The molecule has 6 heteroatoms. The van der Waals surface area contributed by atoms with Crippen molar-refractivity contribution in [3.05, 3.63) is 17.7 Å². The summed E-state index contributed by atoms with van der Waals surface area (Å²) in [6, 6.07) is 0. The number of aliphatic carboxylic acids is 1. The van der Waals surface area contributed by atoms with Gasteiger partial charge < -0.3 is 14.8 Å². The molecule has 2 N–H and O–H groups in total. The number of carboxylic acids is 1. The molecule has 20 heavy (non-hydrogen) atoms.